The molecule has 2 unspecified atom stereocenters. The monoisotopic (exact) mass is 228 g/mol. The van der Waals surface area contributed by atoms with Crippen LogP contribution in [0, 0.1) is 5.92 Å². The zero-order valence-electron chi connectivity index (χ0n) is 9.00. The molecule has 0 radical (unpaired) electrons. The van der Waals surface area contributed by atoms with Crippen molar-refractivity contribution in [2.24, 2.45) is 5.92 Å². The van der Waals surface area contributed by atoms with Crippen LogP contribution in [0.4, 0.5) is 13.2 Å². The second kappa shape index (κ2) is 4.48. The van der Waals surface area contributed by atoms with E-state index < -0.39 is 12.1 Å². The minimum Gasteiger partial charge on any atom is -0.171 e. The molecule has 1 fully saturated rings. The van der Waals surface area contributed by atoms with Gasteiger partial charge in [-0.15, -0.1) is 0 Å². The fourth-order valence-corrected chi connectivity index (χ4v) is 2.52. The van der Waals surface area contributed by atoms with Gasteiger partial charge in [-0.2, -0.15) is 13.2 Å². The summed E-state index contributed by atoms with van der Waals surface area (Å²) in [5, 5.41) is 0. The lowest BCUT2D eigenvalue weighted by Gasteiger charge is -2.30. The first-order chi connectivity index (χ1) is 7.57. The molecule has 16 heavy (non-hydrogen) atoms. The highest BCUT2D eigenvalue weighted by molar-refractivity contribution is 5.20. The normalized spacial score (nSPS) is 26.7. The number of rotatable bonds is 1. The van der Waals surface area contributed by atoms with Crippen LogP contribution in [0.5, 0.6) is 0 Å². The highest BCUT2D eigenvalue weighted by atomic mass is 19.4. The molecule has 0 spiro atoms. The lowest BCUT2D eigenvalue weighted by Crippen LogP contribution is -2.28. The topological polar surface area (TPSA) is 0 Å². The standard InChI is InChI=1S/C13H15F3/c14-13(15,16)12-8-4-7-11(9-12)10-5-2-1-3-6-10/h1-3,5-6,11-12H,4,7-9H2. The van der Waals surface area contributed by atoms with Gasteiger partial charge in [-0.05, 0) is 30.7 Å². The van der Waals surface area contributed by atoms with Crippen molar-refractivity contribution in [2.45, 2.75) is 37.8 Å². The van der Waals surface area contributed by atoms with E-state index in [0.717, 1.165) is 12.0 Å². The molecule has 1 aliphatic rings. The third-order valence-electron chi connectivity index (χ3n) is 3.41. The van der Waals surface area contributed by atoms with Gasteiger partial charge in [-0.1, -0.05) is 36.8 Å². The lowest BCUT2D eigenvalue weighted by atomic mass is 9.78. The van der Waals surface area contributed by atoms with Crippen LogP contribution in [0.15, 0.2) is 30.3 Å². The molecule has 2 rings (SSSR count). The first kappa shape index (κ1) is 11.5. The minimum atomic E-state index is -4.02. The van der Waals surface area contributed by atoms with Gasteiger partial charge in [0, 0.05) is 0 Å². The van der Waals surface area contributed by atoms with Gasteiger partial charge >= 0.3 is 6.18 Å². The van der Waals surface area contributed by atoms with Crippen LogP contribution < -0.4 is 0 Å². The van der Waals surface area contributed by atoms with Crippen molar-refractivity contribution in [1.82, 2.24) is 0 Å². The molecular weight excluding hydrogens is 213 g/mol. The summed E-state index contributed by atoms with van der Waals surface area (Å²) < 4.78 is 37.9. The summed E-state index contributed by atoms with van der Waals surface area (Å²) in [5.74, 6) is -1.02. The molecule has 0 heterocycles. The quantitative estimate of drug-likeness (QED) is 0.662. The molecule has 1 aromatic rings. The molecule has 1 aromatic carbocycles. The molecule has 3 heteroatoms. The third-order valence-corrected chi connectivity index (χ3v) is 3.41. The zero-order valence-corrected chi connectivity index (χ0v) is 9.00. The molecule has 0 aromatic heterocycles. The van der Waals surface area contributed by atoms with Gasteiger partial charge in [0.1, 0.15) is 0 Å². The summed E-state index contributed by atoms with van der Waals surface area (Å²) in [5.41, 5.74) is 1.05. The van der Waals surface area contributed by atoms with E-state index in [0.29, 0.717) is 12.8 Å². The van der Waals surface area contributed by atoms with Crippen LogP contribution in [0.2, 0.25) is 0 Å². The maximum atomic E-state index is 12.6. The molecule has 0 aliphatic heterocycles. The average molecular weight is 228 g/mol. The van der Waals surface area contributed by atoms with Crippen LogP contribution in [0.3, 0.4) is 0 Å². The van der Waals surface area contributed by atoms with Gasteiger partial charge < -0.3 is 0 Å². The Morgan fingerprint density at radius 1 is 1.00 bits per heavy atom. The van der Waals surface area contributed by atoms with Crippen LogP contribution in [-0.4, -0.2) is 6.18 Å². The molecule has 2 atom stereocenters. The van der Waals surface area contributed by atoms with E-state index in [2.05, 4.69) is 0 Å². The Kier molecular flexibility index (Phi) is 3.22. The third kappa shape index (κ3) is 2.57. The molecule has 0 nitrogen and oxygen atoms in total. The van der Waals surface area contributed by atoms with Crippen LogP contribution in [-0.2, 0) is 0 Å². The first-order valence-corrected chi connectivity index (χ1v) is 5.69. The summed E-state index contributed by atoms with van der Waals surface area (Å²) >= 11 is 0. The van der Waals surface area contributed by atoms with Crippen LogP contribution >= 0.6 is 0 Å². The van der Waals surface area contributed by atoms with Crippen LogP contribution in [0.1, 0.15) is 37.2 Å². The zero-order chi connectivity index (χ0) is 11.6. The van der Waals surface area contributed by atoms with Crippen molar-refractivity contribution in [1.29, 1.82) is 0 Å². The Hall–Kier alpha value is -0.990. The van der Waals surface area contributed by atoms with Crippen molar-refractivity contribution in [3.8, 4) is 0 Å². The SMILES string of the molecule is FC(F)(F)C1CCCC(c2ccccc2)C1. The molecule has 0 saturated heterocycles. The summed E-state index contributed by atoms with van der Waals surface area (Å²) in [7, 11) is 0. The Morgan fingerprint density at radius 2 is 1.69 bits per heavy atom. The molecular formula is C13H15F3. The molecule has 1 saturated carbocycles. The Labute approximate surface area is 93.5 Å². The Morgan fingerprint density at radius 3 is 2.31 bits per heavy atom. The summed E-state index contributed by atoms with van der Waals surface area (Å²) in [6, 6.07) is 9.56. The lowest BCUT2D eigenvalue weighted by molar-refractivity contribution is -0.183. The predicted molar refractivity (Wildman–Crippen MR) is 57.2 cm³/mol. The van der Waals surface area contributed by atoms with E-state index in [9.17, 15) is 13.2 Å². The molecule has 0 amide bonds. The minimum absolute atomic E-state index is 0.0848. The second-order valence-corrected chi connectivity index (χ2v) is 4.51. The van der Waals surface area contributed by atoms with E-state index in [1.54, 1.807) is 0 Å². The van der Waals surface area contributed by atoms with E-state index in [-0.39, 0.29) is 12.3 Å². The van der Waals surface area contributed by atoms with Gasteiger partial charge in [0.25, 0.3) is 0 Å². The summed E-state index contributed by atoms with van der Waals surface area (Å²) in [6.45, 7) is 0. The Balaban J connectivity index is 2.08. The number of alkyl halides is 3. The maximum Gasteiger partial charge on any atom is 0.391 e. The van der Waals surface area contributed by atoms with E-state index in [4.69, 9.17) is 0 Å². The number of hydrogen-bond acceptors (Lipinski definition) is 0. The first-order valence-electron chi connectivity index (χ1n) is 5.69. The van der Waals surface area contributed by atoms with Crippen molar-refractivity contribution in [3.63, 3.8) is 0 Å². The second-order valence-electron chi connectivity index (χ2n) is 4.51. The van der Waals surface area contributed by atoms with Crippen molar-refractivity contribution in [3.05, 3.63) is 35.9 Å². The Bertz CT molecular complexity index is 329. The molecule has 1 aliphatic carbocycles. The van der Waals surface area contributed by atoms with Gasteiger partial charge in [0.05, 0.1) is 5.92 Å². The van der Waals surface area contributed by atoms with Gasteiger partial charge in [-0.25, -0.2) is 0 Å². The molecule has 88 valence electrons. The number of benzene rings is 1. The summed E-state index contributed by atoms with van der Waals surface area (Å²) in [4.78, 5) is 0. The van der Waals surface area contributed by atoms with E-state index in [1.165, 1.54) is 0 Å². The number of halogens is 3. The largest absolute Gasteiger partial charge is 0.391 e. The van der Waals surface area contributed by atoms with Crippen molar-refractivity contribution < 1.29 is 13.2 Å². The summed E-state index contributed by atoms with van der Waals surface area (Å²) in [6.07, 6.45) is -1.89. The highest BCUT2D eigenvalue weighted by Crippen LogP contribution is 2.43. The van der Waals surface area contributed by atoms with Crippen molar-refractivity contribution in [2.75, 3.05) is 0 Å². The maximum absolute atomic E-state index is 12.6. The van der Waals surface area contributed by atoms with E-state index in [1.807, 2.05) is 30.3 Å². The fraction of sp³-hybridized carbons (Fsp3) is 0.538. The van der Waals surface area contributed by atoms with Gasteiger partial charge in [-0.3, -0.25) is 0 Å². The fourth-order valence-electron chi connectivity index (χ4n) is 2.52. The number of hydrogen-bond donors (Lipinski definition) is 0. The van der Waals surface area contributed by atoms with E-state index >= 15 is 0 Å². The molecule has 0 N–H and O–H groups in total. The average Bonchev–Trinajstić information content (AvgIpc) is 2.29. The van der Waals surface area contributed by atoms with Gasteiger partial charge in [0.15, 0.2) is 0 Å². The van der Waals surface area contributed by atoms with Crippen LogP contribution in [0.25, 0.3) is 0 Å². The van der Waals surface area contributed by atoms with Crippen molar-refractivity contribution >= 4 is 0 Å². The highest BCUT2D eigenvalue weighted by Gasteiger charge is 2.42. The molecule has 0 bridgehead atoms. The van der Waals surface area contributed by atoms with Gasteiger partial charge in [0.2, 0.25) is 0 Å². The smallest absolute Gasteiger partial charge is 0.171 e. The predicted octanol–water partition coefficient (Wildman–Crippen LogP) is 4.52.